The number of aryl methyl sites for hydroxylation is 1. The summed E-state index contributed by atoms with van der Waals surface area (Å²) >= 11 is 0. The van der Waals surface area contributed by atoms with Gasteiger partial charge < -0.3 is 5.32 Å². The molecule has 2 atom stereocenters. The molecule has 2 unspecified atom stereocenters. The van der Waals surface area contributed by atoms with Crippen LogP contribution in [0.3, 0.4) is 0 Å². The van der Waals surface area contributed by atoms with Gasteiger partial charge in [-0.2, -0.15) is 10.4 Å². The molecular formula is C15H16N4O. The summed E-state index contributed by atoms with van der Waals surface area (Å²) in [6.45, 7) is 2.21. The van der Waals surface area contributed by atoms with Crippen LogP contribution >= 0.6 is 0 Å². The van der Waals surface area contributed by atoms with Crippen LogP contribution in [-0.4, -0.2) is 22.2 Å². The van der Waals surface area contributed by atoms with Gasteiger partial charge in [-0.1, -0.05) is 0 Å². The molecule has 20 heavy (non-hydrogen) atoms. The van der Waals surface area contributed by atoms with E-state index in [0.29, 0.717) is 18.4 Å². The van der Waals surface area contributed by atoms with Crippen molar-refractivity contribution < 1.29 is 4.79 Å². The number of nitrogens with zero attached hydrogens (tertiary/aromatic N) is 3. The first-order chi connectivity index (χ1) is 9.60. The Morgan fingerprint density at radius 3 is 3.10 bits per heavy atom. The fraction of sp³-hybridized carbons (Fsp3) is 0.400. The predicted octanol–water partition coefficient (Wildman–Crippen LogP) is 1.68. The monoisotopic (exact) mass is 268 g/mol. The van der Waals surface area contributed by atoms with E-state index in [2.05, 4.69) is 16.5 Å². The Labute approximate surface area is 117 Å². The highest BCUT2D eigenvalue weighted by atomic mass is 16.1. The average molecular weight is 268 g/mol. The molecule has 3 rings (SSSR count). The van der Waals surface area contributed by atoms with Crippen LogP contribution in [0, 0.1) is 17.2 Å². The fourth-order valence-corrected chi connectivity index (χ4v) is 2.83. The molecule has 1 saturated carbocycles. The lowest BCUT2D eigenvalue weighted by atomic mass is 9.98. The number of hydrogen-bond donors (Lipinski definition) is 1. The van der Waals surface area contributed by atoms with Crippen molar-refractivity contribution in [3.8, 4) is 6.07 Å². The van der Waals surface area contributed by atoms with E-state index in [4.69, 9.17) is 0 Å². The third-order valence-corrected chi connectivity index (χ3v) is 3.87. The van der Waals surface area contributed by atoms with Crippen LogP contribution in [0.15, 0.2) is 18.3 Å². The van der Waals surface area contributed by atoms with E-state index in [0.717, 1.165) is 28.5 Å². The van der Waals surface area contributed by atoms with Gasteiger partial charge >= 0.3 is 0 Å². The highest BCUT2D eigenvalue weighted by Crippen LogP contribution is 2.50. The molecule has 1 aliphatic rings. The number of amides is 1. The van der Waals surface area contributed by atoms with Crippen LogP contribution in [-0.2, 0) is 11.8 Å². The first-order valence-electron chi connectivity index (χ1n) is 6.71. The van der Waals surface area contributed by atoms with Crippen molar-refractivity contribution in [2.24, 2.45) is 13.0 Å². The molecule has 102 valence electrons. The summed E-state index contributed by atoms with van der Waals surface area (Å²) in [4.78, 5) is 11.0. The second-order valence-electron chi connectivity index (χ2n) is 5.41. The minimum atomic E-state index is -0.00394. The average Bonchev–Trinajstić information content (AvgIpc) is 3.07. The maximum atomic E-state index is 11.0. The normalized spacial score (nSPS) is 20.6. The smallest absolute Gasteiger partial charge is 0.216 e. The predicted molar refractivity (Wildman–Crippen MR) is 75.0 cm³/mol. The van der Waals surface area contributed by atoms with Crippen molar-refractivity contribution >= 4 is 16.8 Å². The SMILES string of the molecule is CC(=O)NCC1CC1c1c(C#N)ccc2nn(C)cc12. The lowest BCUT2D eigenvalue weighted by Gasteiger charge is -2.05. The number of hydrogen-bond acceptors (Lipinski definition) is 3. The summed E-state index contributed by atoms with van der Waals surface area (Å²) in [7, 11) is 1.89. The number of fused-ring (bicyclic) bond motifs is 1. The molecule has 1 N–H and O–H groups in total. The Balaban J connectivity index is 1.95. The van der Waals surface area contributed by atoms with Gasteiger partial charge in [0.15, 0.2) is 0 Å². The second-order valence-corrected chi connectivity index (χ2v) is 5.41. The highest BCUT2D eigenvalue weighted by Gasteiger charge is 2.40. The van der Waals surface area contributed by atoms with Crippen LogP contribution in [0.5, 0.6) is 0 Å². The van der Waals surface area contributed by atoms with Crippen molar-refractivity contribution in [2.45, 2.75) is 19.3 Å². The van der Waals surface area contributed by atoms with Crippen LogP contribution in [0.25, 0.3) is 10.9 Å². The third-order valence-electron chi connectivity index (χ3n) is 3.87. The van der Waals surface area contributed by atoms with Gasteiger partial charge in [-0.15, -0.1) is 0 Å². The van der Waals surface area contributed by atoms with Crippen molar-refractivity contribution in [3.63, 3.8) is 0 Å². The summed E-state index contributed by atoms with van der Waals surface area (Å²) in [5.74, 6) is 0.775. The first-order valence-corrected chi connectivity index (χ1v) is 6.71. The van der Waals surface area contributed by atoms with Gasteiger partial charge in [0.2, 0.25) is 5.91 Å². The van der Waals surface area contributed by atoms with Crippen molar-refractivity contribution in [3.05, 3.63) is 29.5 Å². The van der Waals surface area contributed by atoms with Gasteiger partial charge in [0.1, 0.15) is 0 Å². The quantitative estimate of drug-likeness (QED) is 0.920. The Kier molecular flexibility index (Phi) is 2.94. The summed E-state index contributed by atoms with van der Waals surface area (Å²) in [6.07, 6.45) is 2.99. The van der Waals surface area contributed by atoms with E-state index in [-0.39, 0.29) is 5.91 Å². The molecular weight excluding hydrogens is 252 g/mol. The molecule has 2 aromatic rings. The molecule has 1 fully saturated rings. The van der Waals surface area contributed by atoms with Crippen molar-refractivity contribution in [2.75, 3.05) is 6.54 Å². The van der Waals surface area contributed by atoms with Gasteiger partial charge in [0, 0.05) is 32.1 Å². The van der Waals surface area contributed by atoms with Crippen LogP contribution in [0.2, 0.25) is 0 Å². The Morgan fingerprint density at radius 2 is 2.40 bits per heavy atom. The van der Waals surface area contributed by atoms with E-state index >= 15 is 0 Å². The fourth-order valence-electron chi connectivity index (χ4n) is 2.83. The number of nitriles is 1. The number of aromatic nitrogens is 2. The van der Waals surface area contributed by atoms with E-state index < -0.39 is 0 Å². The molecule has 0 aliphatic heterocycles. The summed E-state index contributed by atoms with van der Waals surface area (Å²) in [5.41, 5.74) is 2.74. The number of carbonyl (C=O) groups is 1. The molecule has 1 aliphatic carbocycles. The Morgan fingerprint density at radius 1 is 1.60 bits per heavy atom. The van der Waals surface area contributed by atoms with Crippen LogP contribution in [0.4, 0.5) is 0 Å². The largest absolute Gasteiger partial charge is 0.356 e. The third kappa shape index (κ3) is 2.14. The van der Waals surface area contributed by atoms with E-state index in [9.17, 15) is 10.1 Å². The maximum absolute atomic E-state index is 11.0. The second kappa shape index (κ2) is 4.64. The zero-order valence-corrected chi connectivity index (χ0v) is 11.6. The minimum Gasteiger partial charge on any atom is -0.356 e. The van der Waals surface area contributed by atoms with Gasteiger partial charge in [0.05, 0.1) is 17.1 Å². The molecule has 0 saturated heterocycles. The zero-order chi connectivity index (χ0) is 14.3. The number of benzene rings is 1. The molecule has 1 heterocycles. The maximum Gasteiger partial charge on any atom is 0.216 e. The Bertz CT molecular complexity index is 725. The lowest BCUT2D eigenvalue weighted by Crippen LogP contribution is -2.22. The molecule has 0 radical (unpaired) electrons. The summed E-state index contributed by atoms with van der Waals surface area (Å²) < 4.78 is 1.78. The van der Waals surface area contributed by atoms with Gasteiger partial charge in [-0.05, 0) is 36.0 Å². The van der Waals surface area contributed by atoms with Crippen LogP contribution < -0.4 is 5.32 Å². The van der Waals surface area contributed by atoms with Crippen molar-refractivity contribution in [1.29, 1.82) is 5.26 Å². The molecule has 5 heteroatoms. The summed E-state index contributed by atoms with van der Waals surface area (Å²) in [6, 6.07) is 6.02. The van der Waals surface area contributed by atoms with Gasteiger partial charge in [0.25, 0.3) is 0 Å². The topological polar surface area (TPSA) is 70.7 Å². The Hall–Kier alpha value is -2.35. The van der Waals surface area contributed by atoms with Gasteiger partial charge in [-0.25, -0.2) is 0 Å². The minimum absolute atomic E-state index is 0.00394. The number of carbonyl (C=O) groups excluding carboxylic acids is 1. The van der Waals surface area contributed by atoms with E-state index in [1.54, 1.807) is 4.68 Å². The zero-order valence-electron chi connectivity index (χ0n) is 11.6. The molecule has 1 amide bonds. The lowest BCUT2D eigenvalue weighted by molar-refractivity contribution is -0.119. The van der Waals surface area contributed by atoms with Crippen molar-refractivity contribution in [1.82, 2.24) is 15.1 Å². The molecule has 1 aromatic heterocycles. The number of rotatable bonds is 3. The van der Waals surface area contributed by atoms with Crippen LogP contribution in [0.1, 0.15) is 30.4 Å². The first kappa shape index (κ1) is 12.7. The highest BCUT2D eigenvalue weighted by molar-refractivity contribution is 5.85. The number of nitrogens with one attached hydrogen (secondary N) is 1. The molecule has 0 bridgehead atoms. The molecule has 5 nitrogen and oxygen atoms in total. The summed E-state index contributed by atoms with van der Waals surface area (Å²) in [5, 5.41) is 17.6. The molecule has 1 aromatic carbocycles. The molecule has 0 spiro atoms. The van der Waals surface area contributed by atoms with E-state index in [1.807, 2.05) is 25.4 Å². The van der Waals surface area contributed by atoms with E-state index in [1.165, 1.54) is 6.92 Å². The standard InChI is InChI=1S/C15H16N4O/c1-9(20)17-7-11-5-12(11)15-10(6-16)3-4-14-13(15)8-19(2)18-14/h3-4,8,11-12H,5,7H2,1-2H3,(H,17,20). The van der Waals surface area contributed by atoms with Gasteiger partial charge in [-0.3, -0.25) is 9.48 Å².